The van der Waals surface area contributed by atoms with Gasteiger partial charge in [-0.2, -0.15) is 9.49 Å². The summed E-state index contributed by atoms with van der Waals surface area (Å²) in [5.74, 6) is 1.85. The number of aryl methyl sites for hydroxylation is 1. The van der Waals surface area contributed by atoms with Gasteiger partial charge in [-0.1, -0.05) is 20.3 Å². The molecule has 3 aliphatic carbocycles. The molecule has 1 aromatic rings. The maximum Gasteiger partial charge on any atom is 0.283 e. The Kier molecular flexibility index (Phi) is 4.75. The highest BCUT2D eigenvalue weighted by atomic mass is 19.3. The molecule has 3 aliphatic rings. The van der Waals surface area contributed by atoms with Crippen molar-refractivity contribution in [1.82, 2.24) is 15.1 Å². The molecule has 27 heavy (non-hydrogen) atoms. The SMILES string of the molecule is CC(C)C1C2CCC1C1C(NC(=O)c3c(C(F)F)nn(C)c3F)CCCC21. The number of nitrogens with one attached hydrogen (secondary N) is 1. The fourth-order valence-electron chi connectivity index (χ4n) is 6.69. The fraction of sp³-hybridized carbons (Fsp3) is 0.800. The molecule has 0 radical (unpaired) electrons. The van der Waals surface area contributed by atoms with Gasteiger partial charge in [-0.25, -0.2) is 13.5 Å². The lowest BCUT2D eigenvalue weighted by Gasteiger charge is -2.41. The molecule has 0 aromatic carbocycles. The lowest BCUT2D eigenvalue weighted by atomic mass is 9.68. The Hall–Kier alpha value is -1.53. The average Bonchev–Trinajstić information content (AvgIpc) is 3.26. The Labute approximate surface area is 157 Å². The lowest BCUT2D eigenvalue weighted by Crippen LogP contribution is -2.47. The van der Waals surface area contributed by atoms with Crippen LogP contribution in [0.25, 0.3) is 0 Å². The number of carbonyl (C=O) groups excluding carboxylic acids is 1. The van der Waals surface area contributed by atoms with Crippen LogP contribution in [0.4, 0.5) is 13.2 Å². The summed E-state index contributed by atoms with van der Waals surface area (Å²) >= 11 is 0. The minimum absolute atomic E-state index is 0.0575. The number of amides is 1. The van der Waals surface area contributed by atoms with Crippen LogP contribution < -0.4 is 5.32 Å². The number of alkyl halides is 2. The molecule has 0 saturated heterocycles. The predicted molar refractivity (Wildman–Crippen MR) is 94.8 cm³/mol. The van der Waals surface area contributed by atoms with E-state index in [0.29, 0.717) is 40.2 Å². The molecule has 3 saturated carbocycles. The van der Waals surface area contributed by atoms with Crippen molar-refractivity contribution < 1.29 is 18.0 Å². The van der Waals surface area contributed by atoms with E-state index in [-0.39, 0.29) is 6.04 Å². The number of hydrogen-bond acceptors (Lipinski definition) is 2. The number of nitrogens with zero attached hydrogens (tertiary/aromatic N) is 2. The Bertz CT molecular complexity index is 732. The van der Waals surface area contributed by atoms with Gasteiger partial charge in [0.15, 0.2) is 0 Å². The number of hydrogen-bond donors (Lipinski definition) is 1. The molecular weight excluding hydrogens is 355 g/mol. The zero-order chi connectivity index (χ0) is 19.5. The normalized spacial score (nSPS) is 35.1. The first-order valence-corrected chi connectivity index (χ1v) is 10.1. The number of carbonyl (C=O) groups is 1. The van der Waals surface area contributed by atoms with E-state index in [1.807, 2.05) is 0 Å². The molecule has 3 fully saturated rings. The highest BCUT2D eigenvalue weighted by Gasteiger charge is 2.58. The van der Waals surface area contributed by atoms with Crippen LogP contribution in [0.1, 0.15) is 68.4 Å². The van der Waals surface area contributed by atoms with Gasteiger partial charge in [0.2, 0.25) is 5.95 Å². The summed E-state index contributed by atoms with van der Waals surface area (Å²) in [6.07, 6.45) is 2.52. The predicted octanol–water partition coefficient (Wildman–Crippen LogP) is 4.32. The molecule has 6 unspecified atom stereocenters. The van der Waals surface area contributed by atoms with Crippen LogP contribution in [0.2, 0.25) is 0 Å². The first kappa shape index (κ1) is 18.8. The van der Waals surface area contributed by atoms with E-state index in [1.165, 1.54) is 26.3 Å². The van der Waals surface area contributed by atoms with Crippen LogP contribution in [0.15, 0.2) is 0 Å². The van der Waals surface area contributed by atoms with Crippen LogP contribution in [0, 0.1) is 41.5 Å². The summed E-state index contributed by atoms with van der Waals surface area (Å²) in [4.78, 5) is 12.7. The molecule has 150 valence electrons. The Morgan fingerprint density at radius 1 is 1.15 bits per heavy atom. The topological polar surface area (TPSA) is 46.9 Å². The van der Waals surface area contributed by atoms with Gasteiger partial charge < -0.3 is 5.32 Å². The van der Waals surface area contributed by atoms with Crippen molar-refractivity contribution >= 4 is 5.91 Å². The van der Waals surface area contributed by atoms with Gasteiger partial charge in [-0.05, 0) is 61.2 Å². The third-order valence-electron chi connectivity index (χ3n) is 7.40. The molecule has 1 heterocycles. The van der Waals surface area contributed by atoms with E-state index >= 15 is 0 Å². The minimum atomic E-state index is -2.98. The molecule has 1 aromatic heterocycles. The standard InChI is InChI=1S/C20H28F3N3O/c1-9(2)14-11-7-8-12(14)15-10(11)5-4-6-13(15)24-20(27)16-17(18(21)22)25-26(3)19(16)23/h9-15,18H,4-8H2,1-3H3,(H,24,27). The molecule has 1 N–H and O–H groups in total. The van der Waals surface area contributed by atoms with Crippen molar-refractivity contribution in [2.45, 2.75) is 58.4 Å². The van der Waals surface area contributed by atoms with Gasteiger partial charge in [-0.3, -0.25) is 4.79 Å². The average molecular weight is 383 g/mol. The fourth-order valence-corrected chi connectivity index (χ4v) is 6.69. The van der Waals surface area contributed by atoms with E-state index in [4.69, 9.17) is 0 Å². The second-order valence-electron chi connectivity index (χ2n) is 8.95. The molecule has 7 heteroatoms. The second-order valence-corrected chi connectivity index (χ2v) is 8.95. The van der Waals surface area contributed by atoms with Gasteiger partial charge in [0.1, 0.15) is 11.3 Å². The lowest BCUT2D eigenvalue weighted by molar-refractivity contribution is 0.0784. The quantitative estimate of drug-likeness (QED) is 0.842. The van der Waals surface area contributed by atoms with Crippen molar-refractivity contribution in [2.24, 2.45) is 42.6 Å². The monoisotopic (exact) mass is 383 g/mol. The van der Waals surface area contributed by atoms with E-state index in [9.17, 15) is 18.0 Å². The Morgan fingerprint density at radius 3 is 2.52 bits per heavy atom. The minimum Gasteiger partial charge on any atom is -0.349 e. The van der Waals surface area contributed by atoms with Gasteiger partial charge in [0.25, 0.3) is 12.3 Å². The highest BCUT2D eigenvalue weighted by molar-refractivity contribution is 5.95. The van der Waals surface area contributed by atoms with Crippen LogP contribution in [-0.2, 0) is 7.05 Å². The van der Waals surface area contributed by atoms with Crippen LogP contribution >= 0.6 is 0 Å². The van der Waals surface area contributed by atoms with Crippen molar-refractivity contribution in [3.05, 3.63) is 17.2 Å². The van der Waals surface area contributed by atoms with Crippen LogP contribution in [0.5, 0.6) is 0 Å². The van der Waals surface area contributed by atoms with E-state index < -0.39 is 29.5 Å². The Morgan fingerprint density at radius 2 is 1.85 bits per heavy atom. The third-order valence-corrected chi connectivity index (χ3v) is 7.40. The van der Waals surface area contributed by atoms with E-state index in [1.54, 1.807) is 0 Å². The van der Waals surface area contributed by atoms with Gasteiger partial charge in [0.05, 0.1) is 0 Å². The van der Waals surface area contributed by atoms with Crippen molar-refractivity contribution in [1.29, 1.82) is 0 Å². The van der Waals surface area contributed by atoms with Gasteiger partial charge >= 0.3 is 0 Å². The maximum atomic E-state index is 14.3. The summed E-state index contributed by atoms with van der Waals surface area (Å²) in [5, 5.41) is 6.43. The summed E-state index contributed by atoms with van der Waals surface area (Å²) in [6, 6.07) is -0.0575. The zero-order valence-electron chi connectivity index (χ0n) is 16.1. The number of halogens is 3. The Balaban J connectivity index is 1.58. The number of aromatic nitrogens is 2. The molecular formula is C20H28F3N3O. The molecule has 0 spiro atoms. The summed E-state index contributed by atoms with van der Waals surface area (Å²) < 4.78 is 41.4. The van der Waals surface area contributed by atoms with Gasteiger partial charge in [0, 0.05) is 13.1 Å². The molecule has 4 nitrogen and oxygen atoms in total. The van der Waals surface area contributed by atoms with Crippen molar-refractivity contribution in [3.63, 3.8) is 0 Å². The summed E-state index contributed by atoms with van der Waals surface area (Å²) in [6.45, 7) is 4.56. The van der Waals surface area contributed by atoms with Crippen LogP contribution in [0.3, 0.4) is 0 Å². The number of fused-ring (bicyclic) bond motifs is 5. The molecule has 6 atom stereocenters. The molecule has 1 amide bonds. The molecule has 0 aliphatic heterocycles. The summed E-state index contributed by atoms with van der Waals surface area (Å²) in [5.41, 5.74) is -1.37. The van der Waals surface area contributed by atoms with Gasteiger partial charge in [-0.15, -0.1) is 0 Å². The number of rotatable bonds is 4. The molecule has 4 rings (SSSR count). The van der Waals surface area contributed by atoms with Crippen LogP contribution in [-0.4, -0.2) is 21.7 Å². The third kappa shape index (κ3) is 2.88. The summed E-state index contributed by atoms with van der Waals surface area (Å²) in [7, 11) is 1.23. The first-order valence-electron chi connectivity index (χ1n) is 10.1. The largest absolute Gasteiger partial charge is 0.349 e. The maximum absolute atomic E-state index is 14.3. The second kappa shape index (κ2) is 6.82. The van der Waals surface area contributed by atoms with E-state index in [2.05, 4.69) is 24.3 Å². The molecule has 2 bridgehead atoms. The highest BCUT2D eigenvalue weighted by Crippen LogP contribution is 2.62. The zero-order valence-corrected chi connectivity index (χ0v) is 16.1. The smallest absolute Gasteiger partial charge is 0.283 e. The van der Waals surface area contributed by atoms with E-state index in [0.717, 1.165) is 12.8 Å². The first-order chi connectivity index (χ1) is 12.8. The van der Waals surface area contributed by atoms with Crippen molar-refractivity contribution in [3.8, 4) is 0 Å². The van der Waals surface area contributed by atoms with Crippen molar-refractivity contribution in [2.75, 3.05) is 0 Å².